The molecule has 0 radical (unpaired) electrons. The zero-order valence-corrected chi connectivity index (χ0v) is 14.5. The summed E-state index contributed by atoms with van der Waals surface area (Å²) >= 11 is 3.31. The van der Waals surface area contributed by atoms with E-state index >= 15 is 0 Å². The van der Waals surface area contributed by atoms with Crippen molar-refractivity contribution in [2.45, 2.75) is 43.5 Å². The van der Waals surface area contributed by atoms with Crippen LogP contribution < -0.4 is 4.72 Å². The van der Waals surface area contributed by atoms with Crippen LogP contribution in [-0.4, -0.2) is 26.2 Å². The topological polar surface area (TPSA) is 66.4 Å². The normalized spacial score (nSPS) is 14.2. The van der Waals surface area contributed by atoms with E-state index < -0.39 is 16.1 Å². The highest BCUT2D eigenvalue weighted by Gasteiger charge is 2.20. The fourth-order valence-electron chi connectivity index (χ4n) is 1.83. The zero-order chi connectivity index (χ0) is 15.4. The lowest BCUT2D eigenvalue weighted by atomic mass is 9.89. The van der Waals surface area contributed by atoms with Gasteiger partial charge in [-0.25, -0.2) is 13.1 Å². The maximum absolute atomic E-state index is 12.1. The Hall–Kier alpha value is -0.430. The summed E-state index contributed by atoms with van der Waals surface area (Å²) in [5.74, 6) is 0. The third-order valence-corrected chi connectivity index (χ3v) is 4.83. The second-order valence-electron chi connectivity index (χ2n) is 6.05. The molecular formula is C14H22BrNO3S. The Kier molecular flexibility index (Phi) is 6.19. The number of nitrogens with one attached hydrogen (secondary N) is 1. The molecule has 6 heteroatoms. The summed E-state index contributed by atoms with van der Waals surface area (Å²) in [5, 5.41) is 10.5. The van der Waals surface area contributed by atoms with Gasteiger partial charge in [-0.05, 0) is 29.5 Å². The maximum Gasteiger partial charge on any atom is 0.240 e. The standard InChI is InChI=1S/C14H22BrNO3S/c1-14(2,3)8-12(17)10-16-20(18,19)13-6-4-11(9-15)5-7-13/h4-7,12,16-17H,8-10H2,1-3H3. The molecule has 0 saturated carbocycles. The van der Waals surface area contributed by atoms with Crippen LogP contribution in [0.2, 0.25) is 0 Å². The van der Waals surface area contributed by atoms with Crippen molar-refractivity contribution in [3.8, 4) is 0 Å². The highest BCUT2D eigenvalue weighted by molar-refractivity contribution is 9.08. The summed E-state index contributed by atoms with van der Waals surface area (Å²) < 4.78 is 26.6. The van der Waals surface area contributed by atoms with Crippen LogP contribution in [-0.2, 0) is 15.4 Å². The van der Waals surface area contributed by atoms with Gasteiger partial charge >= 0.3 is 0 Å². The van der Waals surface area contributed by atoms with Crippen molar-refractivity contribution in [2.75, 3.05) is 6.54 Å². The highest BCUT2D eigenvalue weighted by Crippen LogP contribution is 2.20. The van der Waals surface area contributed by atoms with E-state index in [9.17, 15) is 13.5 Å². The third kappa shape index (κ3) is 5.91. The minimum Gasteiger partial charge on any atom is -0.392 e. The predicted molar refractivity (Wildman–Crippen MR) is 84.3 cm³/mol. The fraction of sp³-hybridized carbons (Fsp3) is 0.571. The van der Waals surface area contributed by atoms with Crippen molar-refractivity contribution >= 4 is 26.0 Å². The summed E-state index contributed by atoms with van der Waals surface area (Å²) in [6.45, 7) is 6.04. The average Bonchev–Trinajstić information content (AvgIpc) is 2.35. The highest BCUT2D eigenvalue weighted by atomic mass is 79.9. The minimum atomic E-state index is -3.56. The number of hydrogen-bond acceptors (Lipinski definition) is 3. The van der Waals surface area contributed by atoms with Gasteiger partial charge in [0.05, 0.1) is 11.0 Å². The van der Waals surface area contributed by atoms with Gasteiger partial charge in [-0.3, -0.25) is 0 Å². The van der Waals surface area contributed by atoms with E-state index in [0.717, 1.165) is 5.56 Å². The Morgan fingerprint density at radius 1 is 1.25 bits per heavy atom. The Morgan fingerprint density at radius 2 is 1.80 bits per heavy atom. The molecule has 0 aromatic heterocycles. The average molecular weight is 364 g/mol. The van der Waals surface area contributed by atoms with Gasteiger partial charge in [-0.2, -0.15) is 0 Å². The van der Waals surface area contributed by atoms with Crippen LogP contribution >= 0.6 is 15.9 Å². The molecule has 0 saturated heterocycles. The molecule has 1 unspecified atom stereocenters. The summed E-state index contributed by atoms with van der Waals surface area (Å²) in [6.07, 6.45) is -0.149. The molecule has 114 valence electrons. The van der Waals surface area contributed by atoms with Crippen LogP contribution in [0.3, 0.4) is 0 Å². The second-order valence-corrected chi connectivity index (χ2v) is 8.38. The van der Waals surface area contributed by atoms with Crippen LogP contribution in [0.5, 0.6) is 0 Å². The van der Waals surface area contributed by atoms with Gasteiger partial charge < -0.3 is 5.11 Å². The van der Waals surface area contributed by atoms with Gasteiger partial charge in [0.15, 0.2) is 0 Å². The SMILES string of the molecule is CC(C)(C)CC(O)CNS(=O)(=O)c1ccc(CBr)cc1. The van der Waals surface area contributed by atoms with E-state index in [-0.39, 0.29) is 16.9 Å². The first-order valence-electron chi connectivity index (χ1n) is 6.47. The van der Waals surface area contributed by atoms with Crippen molar-refractivity contribution in [1.82, 2.24) is 4.72 Å². The van der Waals surface area contributed by atoms with Crippen molar-refractivity contribution in [3.63, 3.8) is 0 Å². The summed E-state index contributed by atoms with van der Waals surface area (Å²) in [4.78, 5) is 0.213. The molecule has 0 aliphatic rings. The quantitative estimate of drug-likeness (QED) is 0.763. The number of aliphatic hydroxyl groups is 1. The van der Waals surface area contributed by atoms with E-state index in [4.69, 9.17) is 0 Å². The third-order valence-electron chi connectivity index (χ3n) is 2.74. The van der Waals surface area contributed by atoms with E-state index in [0.29, 0.717) is 11.8 Å². The molecule has 0 aliphatic heterocycles. The minimum absolute atomic E-state index is 0.0276. The van der Waals surface area contributed by atoms with Crippen LogP contribution in [0.25, 0.3) is 0 Å². The Labute approximate surface area is 129 Å². The van der Waals surface area contributed by atoms with Gasteiger partial charge in [-0.15, -0.1) is 0 Å². The first-order chi connectivity index (χ1) is 9.14. The zero-order valence-electron chi connectivity index (χ0n) is 12.1. The number of sulfonamides is 1. The molecule has 1 rings (SSSR count). The number of alkyl halides is 1. The van der Waals surface area contributed by atoms with Gasteiger partial charge in [0, 0.05) is 11.9 Å². The van der Waals surface area contributed by atoms with Crippen molar-refractivity contribution in [3.05, 3.63) is 29.8 Å². The lowest BCUT2D eigenvalue weighted by Crippen LogP contribution is -2.34. The largest absolute Gasteiger partial charge is 0.392 e. The monoisotopic (exact) mass is 363 g/mol. The fourth-order valence-corrected chi connectivity index (χ4v) is 3.27. The molecule has 0 bridgehead atoms. The molecule has 20 heavy (non-hydrogen) atoms. The van der Waals surface area contributed by atoms with E-state index in [1.165, 1.54) is 0 Å². The van der Waals surface area contributed by atoms with E-state index in [1.54, 1.807) is 24.3 Å². The molecule has 0 fully saturated rings. The van der Waals surface area contributed by atoms with Crippen LogP contribution in [0.1, 0.15) is 32.8 Å². The van der Waals surface area contributed by atoms with E-state index in [1.807, 2.05) is 20.8 Å². The first-order valence-corrected chi connectivity index (χ1v) is 9.07. The Morgan fingerprint density at radius 3 is 2.25 bits per heavy atom. The molecular weight excluding hydrogens is 342 g/mol. The summed E-state index contributed by atoms with van der Waals surface area (Å²) in [7, 11) is -3.56. The molecule has 4 nitrogen and oxygen atoms in total. The molecule has 0 spiro atoms. The second kappa shape index (κ2) is 7.02. The lowest BCUT2D eigenvalue weighted by Gasteiger charge is -2.22. The lowest BCUT2D eigenvalue weighted by molar-refractivity contribution is 0.125. The summed E-state index contributed by atoms with van der Waals surface area (Å²) in [5.41, 5.74) is 0.972. The van der Waals surface area contributed by atoms with Gasteiger partial charge in [-0.1, -0.05) is 48.8 Å². The van der Waals surface area contributed by atoms with E-state index in [2.05, 4.69) is 20.7 Å². The number of rotatable bonds is 6. The smallest absolute Gasteiger partial charge is 0.240 e. The number of aliphatic hydroxyl groups excluding tert-OH is 1. The van der Waals surface area contributed by atoms with Crippen LogP contribution in [0, 0.1) is 5.41 Å². The Balaban J connectivity index is 2.65. The van der Waals surface area contributed by atoms with Gasteiger partial charge in [0.2, 0.25) is 10.0 Å². The molecule has 0 heterocycles. The maximum atomic E-state index is 12.1. The molecule has 1 aromatic rings. The first kappa shape index (κ1) is 17.6. The molecule has 1 aromatic carbocycles. The van der Waals surface area contributed by atoms with Crippen molar-refractivity contribution in [1.29, 1.82) is 0 Å². The van der Waals surface area contributed by atoms with Crippen LogP contribution in [0.4, 0.5) is 0 Å². The molecule has 0 aliphatic carbocycles. The van der Waals surface area contributed by atoms with Crippen molar-refractivity contribution in [2.24, 2.45) is 5.41 Å². The molecule has 1 atom stereocenters. The number of hydrogen-bond donors (Lipinski definition) is 2. The van der Waals surface area contributed by atoms with Crippen molar-refractivity contribution < 1.29 is 13.5 Å². The van der Waals surface area contributed by atoms with Gasteiger partial charge in [0.25, 0.3) is 0 Å². The predicted octanol–water partition coefficient (Wildman–Crippen LogP) is 2.66. The molecule has 2 N–H and O–H groups in total. The van der Waals surface area contributed by atoms with Crippen LogP contribution in [0.15, 0.2) is 29.2 Å². The molecule has 0 amide bonds. The number of halogens is 1. The van der Waals surface area contributed by atoms with Gasteiger partial charge in [0.1, 0.15) is 0 Å². The number of benzene rings is 1. The summed E-state index contributed by atoms with van der Waals surface area (Å²) in [6, 6.07) is 6.65. The Bertz CT molecular complexity index is 520.